The number of carbonyl (C=O) groups excluding carboxylic acids is 2. The molecule has 27 heavy (non-hydrogen) atoms. The van der Waals surface area contributed by atoms with Crippen LogP contribution in [0.2, 0.25) is 10.0 Å². The maximum Gasteiger partial charge on any atom is 0.267 e. The van der Waals surface area contributed by atoms with Crippen molar-refractivity contribution in [3.8, 4) is 0 Å². The minimum absolute atomic E-state index is 0.0302. The van der Waals surface area contributed by atoms with Crippen LogP contribution >= 0.6 is 23.2 Å². The Bertz CT molecular complexity index is 1010. The molecule has 1 fully saturated rings. The molecule has 1 atom stereocenters. The van der Waals surface area contributed by atoms with E-state index < -0.39 is 27.9 Å². The Morgan fingerprint density at radius 2 is 1.81 bits per heavy atom. The van der Waals surface area contributed by atoms with Crippen molar-refractivity contribution in [1.82, 2.24) is 4.31 Å². The molecule has 0 aromatic heterocycles. The Balaban J connectivity index is 1.89. The number of amides is 2. The summed E-state index contributed by atoms with van der Waals surface area (Å²) in [5.41, 5.74) is 1.17. The highest BCUT2D eigenvalue weighted by Crippen LogP contribution is 2.30. The average Bonchev–Trinajstić information content (AvgIpc) is 3.00. The maximum absolute atomic E-state index is 12.9. The molecule has 0 unspecified atom stereocenters. The second-order valence-corrected chi connectivity index (χ2v) is 8.83. The fraction of sp³-hybridized carbons (Fsp3) is 0.222. The molecule has 1 heterocycles. The molecule has 9 heteroatoms. The molecule has 0 radical (unpaired) electrons. The van der Waals surface area contributed by atoms with Crippen LogP contribution in [-0.4, -0.2) is 30.6 Å². The average molecular weight is 427 g/mol. The number of anilines is 1. The minimum Gasteiger partial charge on any atom is -0.323 e. The maximum atomic E-state index is 12.9. The van der Waals surface area contributed by atoms with Crippen LogP contribution in [0, 0.1) is 6.92 Å². The number of hydrogen-bond acceptors (Lipinski definition) is 4. The molecular weight excluding hydrogens is 411 g/mol. The Labute approximate surface area is 167 Å². The van der Waals surface area contributed by atoms with Gasteiger partial charge in [-0.25, -0.2) is 12.7 Å². The SMILES string of the molecule is Cc1ccc(S(=O)(=O)N2C(=O)CC[C@@H]2C(=O)Nc2ccc(Cl)cc2Cl)cc1. The molecule has 2 amide bonds. The zero-order valence-corrected chi connectivity index (χ0v) is 16.6. The van der Waals surface area contributed by atoms with Gasteiger partial charge in [0.15, 0.2) is 0 Å². The molecule has 1 aliphatic heterocycles. The third kappa shape index (κ3) is 3.95. The molecule has 3 rings (SSSR count). The number of rotatable bonds is 4. The number of nitrogens with zero attached hydrogens (tertiary/aromatic N) is 1. The minimum atomic E-state index is -4.14. The quantitative estimate of drug-likeness (QED) is 0.808. The van der Waals surface area contributed by atoms with Gasteiger partial charge in [0.05, 0.1) is 15.6 Å². The fourth-order valence-corrected chi connectivity index (χ4v) is 4.89. The van der Waals surface area contributed by atoms with E-state index in [-0.39, 0.29) is 28.4 Å². The molecule has 1 N–H and O–H groups in total. The van der Waals surface area contributed by atoms with E-state index in [1.54, 1.807) is 18.2 Å². The van der Waals surface area contributed by atoms with Gasteiger partial charge in [-0.05, 0) is 43.7 Å². The summed E-state index contributed by atoms with van der Waals surface area (Å²) >= 11 is 11.9. The lowest BCUT2D eigenvalue weighted by Crippen LogP contribution is -2.45. The molecule has 0 saturated carbocycles. The third-order valence-corrected chi connectivity index (χ3v) is 6.62. The highest BCUT2D eigenvalue weighted by Gasteiger charge is 2.44. The zero-order chi connectivity index (χ0) is 19.8. The number of halogens is 2. The van der Waals surface area contributed by atoms with Gasteiger partial charge in [0, 0.05) is 11.4 Å². The molecule has 0 spiro atoms. The summed E-state index contributed by atoms with van der Waals surface area (Å²) in [7, 11) is -4.14. The van der Waals surface area contributed by atoms with Crippen molar-refractivity contribution >= 4 is 50.7 Å². The van der Waals surface area contributed by atoms with Gasteiger partial charge < -0.3 is 5.32 Å². The zero-order valence-electron chi connectivity index (χ0n) is 14.3. The van der Waals surface area contributed by atoms with Crippen LogP contribution < -0.4 is 5.32 Å². The lowest BCUT2D eigenvalue weighted by molar-refractivity contribution is -0.128. The Kier molecular flexibility index (Phi) is 5.46. The number of benzene rings is 2. The normalized spacial score (nSPS) is 17.2. The van der Waals surface area contributed by atoms with Crippen molar-refractivity contribution in [3.63, 3.8) is 0 Å². The van der Waals surface area contributed by atoms with Crippen molar-refractivity contribution in [1.29, 1.82) is 0 Å². The van der Waals surface area contributed by atoms with Gasteiger partial charge in [0.2, 0.25) is 11.8 Å². The largest absolute Gasteiger partial charge is 0.323 e. The van der Waals surface area contributed by atoms with Gasteiger partial charge in [0.1, 0.15) is 6.04 Å². The Morgan fingerprint density at radius 3 is 2.44 bits per heavy atom. The van der Waals surface area contributed by atoms with Crippen LogP contribution in [0.1, 0.15) is 18.4 Å². The van der Waals surface area contributed by atoms with E-state index in [0.29, 0.717) is 9.33 Å². The predicted molar refractivity (Wildman–Crippen MR) is 103 cm³/mol. The van der Waals surface area contributed by atoms with Crippen LogP contribution in [0.25, 0.3) is 0 Å². The van der Waals surface area contributed by atoms with E-state index in [0.717, 1.165) is 5.56 Å². The third-order valence-electron chi connectivity index (χ3n) is 4.23. The van der Waals surface area contributed by atoms with Crippen LogP contribution in [0.5, 0.6) is 0 Å². The predicted octanol–water partition coefficient (Wildman–Crippen LogP) is 3.62. The van der Waals surface area contributed by atoms with E-state index in [1.807, 2.05) is 6.92 Å². The highest BCUT2D eigenvalue weighted by molar-refractivity contribution is 7.89. The topological polar surface area (TPSA) is 83.6 Å². The lowest BCUT2D eigenvalue weighted by Gasteiger charge is -2.24. The second kappa shape index (κ2) is 7.50. The number of aryl methyl sites for hydroxylation is 1. The van der Waals surface area contributed by atoms with Crippen LogP contribution in [0.15, 0.2) is 47.4 Å². The summed E-state index contributed by atoms with van der Waals surface area (Å²) in [5.74, 6) is -1.24. The monoisotopic (exact) mass is 426 g/mol. The molecule has 2 aromatic carbocycles. The number of sulfonamides is 1. The van der Waals surface area contributed by atoms with Gasteiger partial charge >= 0.3 is 0 Å². The number of carbonyl (C=O) groups is 2. The van der Waals surface area contributed by atoms with E-state index in [2.05, 4.69) is 5.32 Å². The van der Waals surface area contributed by atoms with Gasteiger partial charge in [0.25, 0.3) is 10.0 Å². The summed E-state index contributed by atoms with van der Waals surface area (Å²) < 4.78 is 26.5. The van der Waals surface area contributed by atoms with Crippen LogP contribution in [-0.2, 0) is 19.6 Å². The molecule has 1 aliphatic rings. The molecule has 142 valence electrons. The van der Waals surface area contributed by atoms with Crippen LogP contribution in [0.3, 0.4) is 0 Å². The van der Waals surface area contributed by atoms with Crippen molar-refractivity contribution in [2.75, 3.05) is 5.32 Å². The molecule has 2 aromatic rings. The summed E-state index contributed by atoms with van der Waals surface area (Å²) in [6.45, 7) is 1.82. The summed E-state index contributed by atoms with van der Waals surface area (Å²) in [5, 5.41) is 3.19. The fourth-order valence-electron chi connectivity index (χ4n) is 2.83. The van der Waals surface area contributed by atoms with Crippen LogP contribution in [0.4, 0.5) is 5.69 Å². The first-order chi connectivity index (χ1) is 12.7. The van der Waals surface area contributed by atoms with Crippen molar-refractivity contribution in [3.05, 3.63) is 58.1 Å². The summed E-state index contributed by atoms with van der Waals surface area (Å²) in [6, 6.07) is 9.48. The van der Waals surface area contributed by atoms with Gasteiger partial charge in [-0.1, -0.05) is 40.9 Å². The number of nitrogens with one attached hydrogen (secondary N) is 1. The van der Waals surface area contributed by atoms with E-state index in [4.69, 9.17) is 23.2 Å². The first kappa shape index (κ1) is 19.7. The van der Waals surface area contributed by atoms with Crippen molar-refractivity contribution in [2.45, 2.75) is 30.7 Å². The molecule has 6 nitrogen and oxygen atoms in total. The second-order valence-electron chi connectivity index (χ2n) is 6.18. The van der Waals surface area contributed by atoms with Crippen molar-refractivity contribution in [2.24, 2.45) is 0 Å². The Hall–Kier alpha value is -2.09. The highest BCUT2D eigenvalue weighted by atomic mass is 35.5. The lowest BCUT2D eigenvalue weighted by atomic mass is 10.2. The molecule has 1 saturated heterocycles. The smallest absolute Gasteiger partial charge is 0.267 e. The number of hydrogen-bond donors (Lipinski definition) is 1. The first-order valence-corrected chi connectivity index (χ1v) is 10.3. The van der Waals surface area contributed by atoms with Crippen molar-refractivity contribution < 1.29 is 18.0 Å². The van der Waals surface area contributed by atoms with E-state index in [1.165, 1.54) is 24.3 Å². The molecular formula is C18H16Cl2N2O4S. The summed E-state index contributed by atoms with van der Waals surface area (Å²) in [4.78, 5) is 24.9. The van der Waals surface area contributed by atoms with Gasteiger partial charge in [-0.15, -0.1) is 0 Å². The molecule has 0 bridgehead atoms. The molecule has 0 aliphatic carbocycles. The van der Waals surface area contributed by atoms with E-state index >= 15 is 0 Å². The van der Waals surface area contributed by atoms with Gasteiger partial charge in [-0.3, -0.25) is 9.59 Å². The standard InChI is InChI=1S/C18H16Cl2N2O4S/c1-11-2-5-13(6-3-11)27(25,26)22-16(8-9-17(22)23)18(24)21-15-7-4-12(19)10-14(15)20/h2-7,10,16H,8-9H2,1H3,(H,21,24)/t16-/m1/s1. The van der Waals surface area contributed by atoms with Gasteiger partial charge in [-0.2, -0.15) is 0 Å². The Morgan fingerprint density at radius 1 is 1.15 bits per heavy atom. The first-order valence-electron chi connectivity index (χ1n) is 8.10. The van der Waals surface area contributed by atoms with E-state index in [9.17, 15) is 18.0 Å². The summed E-state index contributed by atoms with van der Waals surface area (Å²) in [6.07, 6.45) is 0.0680.